The number of nitrogens with one attached hydrogen (secondary N) is 1. The summed E-state index contributed by atoms with van der Waals surface area (Å²) in [5.74, 6) is -1.76. The molecule has 0 aliphatic heterocycles. The number of methoxy groups -OCH3 is 1. The summed E-state index contributed by atoms with van der Waals surface area (Å²) in [5, 5.41) is 2.61. The van der Waals surface area contributed by atoms with E-state index >= 15 is 0 Å². The molecule has 0 fully saturated rings. The van der Waals surface area contributed by atoms with E-state index in [0.717, 1.165) is 16.8 Å². The maximum atomic E-state index is 13.2. The Kier molecular flexibility index (Phi) is 7.31. The number of amides is 1. The Hall–Kier alpha value is -2.96. The zero-order valence-corrected chi connectivity index (χ0v) is 17.4. The Balaban J connectivity index is 2.46. The van der Waals surface area contributed by atoms with Crippen LogP contribution >= 0.6 is 0 Å². The number of carbonyl (C=O) groups is 2. The molecule has 1 amide bonds. The largest absolute Gasteiger partial charge is 0.467 e. The van der Waals surface area contributed by atoms with E-state index in [1.54, 1.807) is 32.0 Å². The smallest absolute Gasteiger partial charge is 0.328 e. The Morgan fingerprint density at radius 3 is 2.34 bits per heavy atom. The first kappa shape index (κ1) is 22.3. The molecule has 2 aromatic rings. The molecule has 0 spiro atoms. The molecular weight excluding hydrogens is 375 g/mol. The highest BCUT2D eigenvalue weighted by Crippen LogP contribution is 2.13. The van der Waals surface area contributed by atoms with Gasteiger partial charge >= 0.3 is 5.97 Å². The third kappa shape index (κ3) is 5.10. The van der Waals surface area contributed by atoms with Crippen molar-refractivity contribution in [2.75, 3.05) is 7.11 Å². The van der Waals surface area contributed by atoms with Gasteiger partial charge in [-0.25, -0.2) is 9.18 Å². The number of benzene rings is 1. The lowest BCUT2D eigenvalue weighted by Gasteiger charge is -2.21. The van der Waals surface area contributed by atoms with E-state index in [2.05, 4.69) is 5.32 Å². The van der Waals surface area contributed by atoms with Gasteiger partial charge in [-0.05, 0) is 48.6 Å². The quantitative estimate of drug-likeness (QED) is 0.723. The number of aryl methyl sites for hydroxylation is 1. The van der Waals surface area contributed by atoms with Crippen LogP contribution in [0, 0.1) is 18.7 Å². The molecule has 7 heteroatoms. The normalized spacial score (nSPS) is 12.0. The Morgan fingerprint density at radius 2 is 1.83 bits per heavy atom. The van der Waals surface area contributed by atoms with Crippen molar-refractivity contribution in [2.24, 2.45) is 5.92 Å². The molecular formula is C22H27FN2O4. The number of nitrogens with zero attached hydrogens (tertiary/aromatic N) is 1. The van der Waals surface area contributed by atoms with Gasteiger partial charge in [-0.15, -0.1) is 0 Å². The lowest BCUT2D eigenvalue weighted by Crippen LogP contribution is -2.47. The number of carbonyl (C=O) groups excluding carboxylic acids is 2. The van der Waals surface area contributed by atoms with Gasteiger partial charge in [-0.2, -0.15) is 0 Å². The summed E-state index contributed by atoms with van der Waals surface area (Å²) >= 11 is 0. The fourth-order valence-electron chi connectivity index (χ4n) is 3.26. The van der Waals surface area contributed by atoms with E-state index in [9.17, 15) is 18.8 Å². The summed E-state index contributed by atoms with van der Waals surface area (Å²) in [6.45, 7) is 7.53. The third-order valence-electron chi connectivity index (χ3n) is 4.86. The second kappa shape index (κ2) is 9.49. The van der Waals surface area contributed by atoms with Crippen molar-refractivity contribution >= 4 is 11.9 Å². The lowest BCUT2D eigenvalue weighted by molar-refractivity contribution is -0.144. The van der Waals surface area contributed by atoms with Gasteiger partial charge in [0.05, 0.1) is 13.7 Å². The second-order valence-electron chi connectivity index (χ2n) is 7.28. The monoisotopic (exact) mass is 402 g/mol. The Morgan fingerprint density at radius 1 is 1.21 bits per heavy atom. The van der Waals surface area contributed by atoms with E-state index in [1.165, 1.54) is 23.8 Å². The van der Waals surface area contributed by atoms with Crippen LogP contribution in [0.15, 0.2) is 35.1 Å². The average molecular weight is 402 g/mol. The van der Waals surface area contributed by atoms with Crippen molar-refractivity contribution < 1.29 is 18.7 Å². The van der Waals surface area contributed by atoms with Crippen LogP contribution in [-0.4, -0.2) is 29.6 Å². The number of aromatic nitrogens is 1. The summed E-state index contributed by atoms with van der Waals surface area (Å²) in [4.78, 5) is 37.9. The van der Waals surface area contributed by atoms with Gasteiger partial charge in [0, 0.05) is 5.69 Å². The molecule has 1 heterocycles. The molecule has 0 aliphatic carbocycles. The summed E-state index contributed by atoms with van der Waals surface area (Å²) in [6.07, 6.45) is 0.598. The maximum absolute atomic E-state index is 13.2. The highest BCUT2D eigenvalue weighted by atomic mass is 19.1. The zero-order valence-electron chi connectivity index (χ0n) is 17.4. The molecule has 1 aromatic carbocycles. The Labute approximate surface area is 169 Å². The van der Waals surface area contributed by atoms with Crippen molar-refractivity contribution in [3.05, 3.63) is 68.9 Å². The molecule has 0 bridgehead atoms. The van der Waals surface area contributed by atoms with Crippen LogP contribution in [0.3, 0.4) is 0 Å². The van der Waals surface area contributed by atoms with Gasteiger partial charge in [0.25, 0.3) is 11.5 Å². The van der Waals surface area contributed by atoms with Crippen molar-refractivity contribution in [3.63, 3.8) is 0 Å². The van der Waals surface area contributed by atoms with Gasteiger partial charge in [-0.1, -0.05) is 32.9 Å². The number of rotatable bonds is 7. The standard InChI is InChI=1S/C22H27FN2O4/c1-6-18-14(4)11-17(20(26)24-19(13(2)3)22(28)29-5)21(27)25(18)12-15-7-9-16(23)10-8-15/h7-11,13,19H,6,12H2,1-5H3,(H,24,26)/t19-/m0/s1. The molecule has 2 rings (SSSR count). The maximum Gasteiger partial charge on any atom is 0.328 e. The van der Waals surface area contributed by atoms with Crippen LogP contribution in [0.5, 0.6) is 0 Å². The van der Waals surface area contributed by atoms with Crippen LogP contribution in [0.25, 0.3) is 0 Å². The van der Waals surface area contributed by atoms with Crippen molar-refractivity contribution in [3.8, 4) is 0 Å². The topological polar surface area (TPSA) is 77.4 Å². The minimum Gasteiger partial charge on any atom is -0.467 e. The van der Waals surface area contributed by atoms with Gasteiger partial charge in [0.2, 0.25) is 0 Å². The molecule has 29 heavy (non-hydrogen) atoms. The first-order valence-electron chi connectivity index (χ1n) is 9.56. The number of pyridine rings is 1. The van der Waals surface area contributed by atoms with Crippen LogP contribution in [-0.2, 0) is 22.5 Å². The molecule has 156 valence electrons. The predicted molar refractivity (Wildman–Crippen MR) is 108 cm³/mol. The number of halogens is 1. The number of hydrogen-bond acceptors (Lipinski definition) is 4. The van der Waals surface area contributed by atoms with Gasteiger partial charge < -0.3 is 14.6 Å². The fourth-order valence-corrected chi connectivity index (χ4v) is 3.26. The van der Waals surface area contributed by atoms with E-state index < -0.39 is 23.5 Å². The fraction of sp³-hybridized carbons (Fsp3) is 0.409. The molecule has 0 saturated carbocycles. The third-order valence-corrected chi connectivity index (χ3v) is 4.86. The first-order valence-corrected chi connectivity index (χ1v) is 9.56. The highest BCUT2D eigenvalue weighted by molar-refractivity contribution is 5.96. The number of hydrogen-bond donors (Lipinski definition) is 1. The Bertz CT molecular complexity index is 949. The zero-order chi connectivity index (χ0) is 21.7. The summed E-state index contributed by atoms with van der Waals surface area (Å²) in [6, 6.07) is 6.57. The molecule has 1 aromatic heterocycles. The average Bonchev–Trinajstić information content (AvgIpc) is 2.69. The van der Waals surface area contributed by atoms with Gasteiger partial charge in [-0.3, -0.25) is 9.59 Å². The number of esters is 1. The van der Waals surface area contributed by atoms with Gasteiger partial charge in [0.15, 0.2) is 0 Å². The summed E-state index contributed by atoms with van der Waals surface area (Å²) < 4.78 is 19.5. The van der Waals surface area contributed by atoms with E-state index in [1.807, 2.05) is 13.8 Å². The van der Waals surface area contributed by atoms with E-state index in [-0.39, 0.29) is 23.8 Å². The van der Waals surface area contributed by atoms with E-state index in [0.29, 0.717) is 6.42 Å². The second-order valence-corrected chi connectivity index (χ2v) is 7.28. The molecule has 0 radical (unpaired) electrons. The van der Waals surface area contributed by atoms with Crippen LogP contribution in [0.4, 0.5) is 4.39 Å². The molecule has 0 saturated heterocycles. The predicted octanol–water partition coefficient (Wildman–Crippen LogP) is 2.83. The van der Waals surface area contributed by atoms with Crippen LogP contribution < -0.4 is 10.9 Å². The van der Waals surface area contributed by atoms with Crippen molar-refractivity contribution in [1.82, 2.24) is 9.88 Å². The summed E-state index contributed by atoms with van der Waals surface area (Å²) in [5.41, 5.74) is 1.83. The number of ether oxygens (including phenoxy) is 1. The highest BCUT2D eigenvalue weighted by Gasteiger charge is 2.27. The van der Waals surface area contributed by atoms with Crippen LogP contribution in [0.2, 0.25) is 0 Å². The SMILES string of the molecule is CCc1c(C)cc(C(=O)N[C@H](C(=O)OC)C(C)C)c(=O)n1Cc1ccc(F)cc1. The minimum absolute atomic E-state index is 0.0450. The molecule has 0 unspecified atom stereocenters. The van der Waals surface area contributed by atoms with E-state index in [4.69, 9.17) is 4.74 Å². The first-order chi connectivity index (χ1) is 13.7. The molecule has 1 N–H and O–H groups in total. The summed E-state index contributed by atoms with van der Waals surface area (Å²) in [7, 11) is 1.25. The molecule has 6 nitrogen and oxygen atoms in total. The van der Waals surface area contributed by atoms with Gasteiger partial charge in [0.1, 0.15) is 17.4 Å². The van der Waals surface area contributed by atoms with Crippen LogP contribution in [0.1, 0.15) is 48.0 Å². The molecule has 1 atom stereocenters. The molecule has 0 aliphatic rings. The minimum atomic E-state index is -0.858. The lowest BCUT2D eigenvalue weighted by atomic mass is 10.0. The van der Waals surface area contributed by atoms with Crippen molar-refractivity contribution in [2.45, 2.75) is 46.7 Å². The van der Waals surface area contributed by atoms with Crippen molar-refractivity contribution in [1.29, 1.82) is 0 Å².